The maximum Gasteiger partial charge on any atom is 0.313 e. The fourth-order valence-electron chi connectivity index (χ4n) is 1.25. The van der Waals surface area contributed by atoms with E-state index < -0.39 is 11.4 Å². The molecule has 1 atom stereocenters. The van der Waals surface area contributed by atoms with Gasteiger partial charge in [0, 0.05) is 0 Å². The minimum atomic E-state index is -0.749. The first-order valence-electron chi connectivity index (χ1n) is 3.64. The molecule has 0 amide bonds. The molecule has 60 valence electrons. The van der Waals surface area contributed by atoms with Gasteiger partial charge in [0.2, 0.25) is 0 Å². The number of aliphatic carboxylic acids is 1. The average Bonchev–Trinajstić information content (AvgIpc) is 1.86. The van der Waals surface area contributed by atoms with Crippen LogP contribution in [0, 0.1) is 5.41 Å². The molecular formula is C9H12O2. The van der Waals surface area contributed by atoms with Crippen molar-refractivity contribution in [3.8, 4) is 0 Å². The van der Waals surface area contributed by atoms with E-state index in [0.717, 1.165) is 5.57 Å². The Balaban J connectivity index is 2.92. The molecule has 2 nitrogen and oxygen atoms in total. The van der Waals surface area contributed by atoms with Crippen LogP contribution in [0.15, 0.2) is 23.8 Å². The third kappa shape index (κ3) is 1.50. The van der Waals surface area contributed by atoms with Gasteiger partial charge in [-0.05, 0) is 20.3 Å². The number of hydrogen-bond donors (Lipinski definition) is 1. The van der Waals surface area contributed by atoms with Crippen molar-refractivity contribution in [2.75, 3.05) is 0 Å². The highest BCUT2D eigenvalue weighted by atomic mass is 16.4. The summed E-state index contributed by atoms with van der Waals surface area (Å²) in [6.07, 6.45) is 6.25. The lowest BCUT2D eigenvalue weighted by Gasteiger charge is -2.22. The van der Waals surface area contributed by atoms with Crippen molar-refractivity contribution in [3.05, 3.63) is 23.8 Å². The van der Waals surface area contributed by atoms with Crippen LogP contribution in [0.2, 0.25) is 0 Å². The lowest BCUT2D eigenvalue weighted by molar-refractivity contribution is -0.145. The topological polar surface area (TPSA) is 37.3 Å². The van der Waals surface area contributed by atoms with E-state index in [2.05, 4.69) is 0 Å². The molecule has 1 unspecified atom stereocenters. The molecule has 0 aromatic rings. The van der Waals surface area contributed by atoms with Crippen molar-refractivity contribution in [2.24, 2.45) is 5.41 Å². The second-order valence-corrected chi connectivity index (χ2v) is 3.22. The highest BCUT2D eigenvalue weighted by Gasteiger charge is 2.30. The second kappa shape index (κ2) is 2.53. The first-order chi connectivity index (χ1) is 5.04. The minimum absolute atomic E-state index is 0.597. The predicted molar refractivity (Wildman–Crippen MR) is 43.3 cm³/mol. The van der Waals surface area contributed by atoms with Crippen molar-refractivity contribution in [1.29, 1.82) is 0 Å². The van der Waals surface area contributed by atoms with Gasteiger partial charge in [-0.15, -0.1) is 0 Å². The van der Waals surface area contributed by atoms with Gasteiger partial charge < -0.3 is 5.11 Å². The third-order valence-electron chi connectivity index (χ3n) is 1.96. The van der Waals surface area contributed by atoms with E-state index in [0.29, 0.717) is 6.42 Å². The van der Waals surface area contributed by atoms with Crippen molar-refractivity contribution in [1.82, 2.24) is 0 Å². The van der Waals surface area contributed by atoms with E-state index in [4.69, 9.17) is 5.11 Å². The molecule has 0 aromatic carbocycles. The van der Waals surface area contributed by atoms with E-state index in [1.54, 1.807) is 13.0 Å². The number of carboxylic acid groups (broad SMARTS) is 1. The number of allylic oxidation sites excluding steroid dienone is 3. The Bertz CT molecular complexity index is 238. The van der Waals surface area contributed by atoms with Crippen LogP contribution in [0.5, 0.6) is 0 Å². The maximum absolute atomic E-state index is 10.7. The van der Waals surface area contributed by atoms with E-state index in [1.165, 1.54) is 0 Å². The minimum Gasteiger partial charge on any atom is -0.481 e. The van der Waals surface area contributed by atoms with Crippen LogP contribution >= 0.6 is 0 Å². The van der Waals surface area contributed by atoms with Gasteiger partial charge in [-0.25, -0.2) is 0 Å². The van der Waals surface area contributed by atoms with E-state index in [9.17, 15) is 4.79 Å². The summed E-state index contributed by atoms with van der Waals surface area (Å²) in [5, 5.41) is 8.84. The summed E-state index contributed by atoms with van der Waals surface area (Å²) >= 11 is 0. The monoisotopic (exact) mass is 152 g/mol. The smallest absolute Gasteiger partial charge is 0.313 e. The normalized spacial score (nSPS) is 29.8. The summed E-state index contributed by atoms with van der Waals surface area (Å²) in [5.74, 6) is -0.749. The lowest BCUT2D eigenvalue weighted by atomic mass is 9.82. The molecule has 0 spiro atoms. The number of hydrogen-bond acceptors (Lipinski definition) is 1. The highest BCUT2D eigenvalue weighted by Crippen LogP contribution is 2.29. The summed E-state index contributed by atoms with van der Waals surface area (Å²) in [6, 6.07) is 0. The molecule has 0 aliphatic heterocycles. The Morgan fingerprint density at radius 3 is 2.73 bits per heavy atom. The Morgan fingerprint density at radius 2 is 2.36 bits per heavy atom. The van der Waals surface area contributed by atoms with Crippen molar-refractivity contribution < 1.29 is 9.90 Å². The van der Waals surface area contributed by atoms with Gasteiger partial charge in [-0.3, -0.25) is 4.79 Å². The van der Waals surface area contributed by atoms with E-state index in [-0.39, 0.29) is 0 Å². The van der Waals surface area contributed by atoms with Crippen LogP contribution in [0.3, 0.4) is 0 Å². The molecule has 1 aliphatic rings. The fourth-order valence-corrected chi connectivity index (χ4v) is 1.25. The molecule has 0 heterocycles. The predicted octanol–water partition coefficient (Wildman–Crippen LogP) is 1.98. The van der Waals surface area contributed by atoms with Crippen LogP contribution in [0.4, 0.5) is 0 Å². The van der Waals surface area contributed by atoms with Gasteiger partial charge in [0.25, 0.3) is 0 Å². The lowest BCUT2D eigenvalue weighted by Crippen LogP contribution is -2.25. The molecule has 0 fully saturated rings. The van der Waals surface area contributed by atoms with Crippen LogP contribution in [0.1, 0.15) is 20.3 Å². The van der Waals surface area contributed by atoms with Gasteiger partial charge in [-0.2, -0.15) is 0 Å². The molecule has 1 rings (SSSR count). The summed E-state index contributed by atoms with van der Waals surface area (Å²) in [6.45, 7) is 3.65. The average molecular weight is 152 g/mol. The second-order valence-electron chi connectivity index (χ2n) is 3.22. The van der Waals surface area contributed by atoms with E-state index >= 15 is 0 Å². The molecule has 1 aliphatic carbocycles. The molecule has 0 saturated carbocycles. The molecule has 1 N–H and O–H groups in total. The summed E-state index contributed by atoms with van der Waals surface area (Å²) < 4.78 is 0. The third-order valence-corrected chi connectivity index (χ3v) is 1.96. The Morgan fingerprint density at radius 1 is 1.73 bits per heavy atom. The van der Waals surface area contributed by atoms with Gasteiger partial charge in [0.05, 0.1) is 5.41 Å². The molecule has 0 bridgehead atoms. The van der Waals surface area contributed by atoms with Crippen molar-refractivity contribution in [2.45, 2.75) is 20.3 Å². The fraction of sp³-hybridized carbons (Fsp3) is 0.444. The standard InChI is InChI=1S/C9H12O2/c1-7-4-3-5-9(2,6-7)8(10)11/h3-4,6H,5H2,1-2H3,(H,10,11). The zero-order valence-corrected chi connectivity index (χ0v) is 6.79. The van der Waals surface area contributed by atoms with Gasteiger partial charge in [0.15, 0.2) is 0 Å². The first kappa shape index (κ1) is 8.05. The van der Waals surface area contributed by atoms with Crippen molar-refractivity contribution in [3.63, 3.8) is 0 Å². The van der Waals surface area contributed by atoms with E-state index in [1.807, 2.05) is 19.1 Å². The Hall–Kier alpha value is -1.05. The number of carboxylic acids is 1. The van der Waals surface area contributed by atoms with Crippen LogP contribution in [-0.2, 0) is 4.79 Å². The van der Waals surface area contributed by atoms with Gasteiger partial charge >= 0.3 is 5.97 Å². The zero-order valence-electron chi connectivity index (χ0n) is 6.79. The molecule has 2 heteroatoms. The largest absolute Gasteiger partial charge is 0.481 e. The molecule has 0 radical (unpaired) electrons. The van der Waals surface area contributed by atoms with Gasteiger partial charge in [-0.1, -0.05) is 23.8 Å². The highest BCUT2D eigenvalue weighted by molar-refractivity contribution is 5.77. The molecule has 0 aromatic heterocycles. The van der Waals surface area contributed by atoms with Crippen molar-refractivity contribution >= 4 is 5.97 Å². The first-order valence-corrected chi connectivity index (χ1v) is 3.64. The molecular weight excluding hydrogens is 140 g/mol. The zero-order chi connectivity index (χ0) is 8.48. The SMILES string of the molecule is CC1=CC(C)(C(=O)O)CC=C1. The molecule has 11 heavy (non-hydrogen) atoms. The summed E-state index contributed by atoms with van der Waals surface area (Å²) in [5.41, 5.74) is 0.347. The van der Waals surface area contributed by atoms with Gasteiger partial charge in [0.1, 0.15) is 0 Å². The molecule has 0 saturated heterocycles. The summed E-state index contributed by atoms with van der Waals surface area (Å²) in [4.78, 5) is 10.7. The Labute approximate surface area is 66.2 Å². The van der Waals surface area contributed by atoms with Crippen LogP contribution in [-0.4, -0.2) is 11.1 Å². The van der Waals surface area contributed by atoms with Crippen LogP contribution < -0.4 is 0 Å². The summed E-state index contributed by atoms with van der Waals surface area (Å²) in [7, 11) is 0. The quantitative estimate of drug-likeness (QED) is 0.623. The maximum atomic E-state index is 10.7. The number of rotatable bonds is 1. The van der Waals surface area contributed by atoms with Crippen LogP contribution in [0.25, 0.3) is 0 Å². The Kier molecular flexibility index (Phi) is 1.85. The number of carbonyl (C=O) groups is 1.